The third kappa shape index (κ3) is 4.09. The van der Waals surface area contributed by atoms with Crippen molar-refractivity contribution < 1.29 is 9.53 Å². The van der Waals surface area contributed by atoms with Gasteiger partial charge in [-0.25, -0.2) is 0 Å². The molecule has 0 spiro atoms. The molecule has 1 N–H and O–H groups in total. The zero-order chi connectivity index (χ0) is 13.5. The van der Waals surface area contributed by atoms with Crippen molar-refractivity contribution in [2.75, 3.05) is 20.8 Å². The van der Waals surface area contributed by atoms with Crippen LogP contribution in [-0.2, 0) is 4.74 Å². The molecule has 0 saturated heterocycles. The van der Waals surface area contributed by atoms with Crippen LogP contribution in [-0.4, -0.2) is 42.7 Å². The molecule has 0 bridgehead atoms. The first kappa shape index (κ1) is 14.6. The maximum Gasteiger partial charge on any atom is 0.257 e. The van der Waals surface area contributed by atoms with E-state index < -0.39 is 0 Å². The van der Waals surface area contributed by atoms with Gasteiger partial charge in [0.05, 0.1) is 12.6 Å². The average Bonchev–Trinajstić information content (AvgIpc) is 2.39. The first-order valence-electron chi connectivity index (χ1n) is 5.68. The number of likely N-dealkylation sites (N-methyl/N-ethyl adjacent to an activating group) is 1. The van der Waals surface area contributed by atoms with Crippen LogP contribution in [0.15, 0.2) is 30.3 Å². The predicted octanol–water partition coefficient (Wildman–Crippen LogP) is 1.67. The number of hydrogen-bond donors (Lipinski definition) is 1. The third-order valence-corrected chi connectivity index (χ3v) is 3.04. The largest absolute Gasteiger partial charge is 0.383 e. The van der Waals surface area contributed by atoms with Crippen LogP contribution >= 0.6 is 12.2 Å². The fourth-order valence-corrected chi connectivity index (χ4v) is 1.67. The van der Waals surface area contributed by atoms with Crippen molar-refractivity contribution in [3.63, 3.8) is 0 Å². The van der Waals surface area contributed by atoms with Crippen molar-refractivity contribution in [2.45, 2.75) is 13.0 Å². The van der Waals surface area contributed by atoms with E-state index in [1.165, 1.54) is 0 Å². The third-order valence-electron chi connectivity index (χ3n) is 2.65. The predicted molar refractivity (Wildman–Crippen MR) is 75.6 cm³/mol. The standard InChI is InChI=1S/C13H18N2O2S/c1-10(9-17-3)15(2)13(18)14-12(16)11-7-5-4-6-8-11/h4-8,10H,9H2,1-3H3,(H,14,16,18)/t10-/m0/s1. The summed E-state index contributed by atoms with van der Waals surface area (Å²) in [5, 5.41) is 3.09. The Hall–Kier alpha value is -1.46. The molecule has 5 heteroatoms. The Morgan fingerprint density at radius 3 is 2.61 bits per heavy atom. The van der Waals surface area contributed by atoms with Gasteiger partial charge < -0.3 is 9.64 Å². The quantitative estimate of drug-likeness (QED) is 0.842. The van der Waals surface area contributed by atoms with Crippen LogP contribution in [0.2, 0.25) is 0 Å². The first-order valence-corrected chi connectivity index (χ1v) is 6.09. The van der Waals surface area contributed by atoms with Crippen LogP contribution in [0.4, 0.5) is 0 Å². The summed E-state index contributed by atoms with van der Waals surface area (Å²) in [5.74, 6) is -0.197. The normalized spacial score (nSPS) is 11.7. The molecule has 0 radical (unpaired) electrons. The number of ether oxygens (including phenoxy) is 1. The van der Waals surface area contributed by atoms with Gasteiger partial charge >= 0.3 is 0 Å². The number of benzene rings is 1. The first-order chi connectivity index (χ1) is 8.56. The molecule has 0 aliphatic heterocycles. The van der Waals surface area contributed by atoms with Gasteiger partial charge in [-0.1, -0.05) is 18.2 Å². The molecular weight excluding hydrogens is 248 g/mol. The lowest BCUT2D eigenvalue weighted by Crippen LogP contribution is -2.46. The Labute approximate surface area is 113 Å². The number of rotatable bonds is 4. The van der Waals surface area contributed by atoms with E-state index >= 15 is 0 Å². The van der Waals surface area contributed by atoms with Crippen LogP contribution in [0.3, 0.4) is 0 Å². The lowest BCUT2D eigenvalue weighted by Gasteiger charge is -2.26. The highest BCUT2D eigenvalue weighted by Gasteiger charge is 2.15. The molecule has 0 aromatic heterocycles. The van der Waals surface area contributed by atoms with Crippen LogP contribution in [0.1, 0.15) is 17.3 Å². The van der Waals surface area contributed by atoms with Crippen molar-refractivity contribution in [2.24, 2.45) is 0 Å². The second-order valence-corrected chi connectivity index (χ2v) is 4.43. The topological polar surface area (TPSA) is 41.6 Å². The van der Waals surface area contributed by atoms with Crippen molar-refractivity contribution in [3.8, 4) is 0 Å². The number of amides is 1. The molecule has 0 aliphatic rings. The van der Waals surface area contributed by atoms with Gasteiger partial charge in [-0.15, -0.1) is 0 Å². The SMILES string of the molecule is COC[C@H](C)N(C)C(=S)NC(=O)c1ccccc1. The zero-order valence-corrected chi connectivity index (χ0v) is 11.7. The van der Waals surface area contributed by atoms with Crippen molar-refractivity contribution in [1.82, 2.24) is 10.2 Å². The Balaban J connectivity index is 2.57. The summed E-state index contributed by atoms with van der Waals surface area (Å²) in [7, 11) is 3.47. The Morgan fingerprint density at radius 2 is 2.06 bits per heavy atom. The van der Waals surface area contributed by atoms with Gasteiger partial charge in [0.2, 0.25) is 0 Å². The van der Waals surface area contributed by atoms with Crippen LogP contribution in [0.5, 0.6) is 0 Å². The van der Waals surface area contributed by atoms with E-state index in [-0.39, 0.29) is 11.9 Å². The Bertz CT molecular complexity index is 409. The smallest absolute Gasteiger partial charge is 0.257 e. The Kier molecular flexibility index (Phi) is 5.74. The van der Waals surface area contributed by atoms with E-state index in [0.29, 0.717) is 17.3 Å². The summed E-state index contributed by atoms with van der Waals surface area (Å²) in [6.07, 6.45) is 0. The molecule has 98 valence electrons. The monoisotopic (exact) mass is 266 g/mol. The minimum atomic E-state index is -0.197. The lowest BCUT2D eigenvalue weighted by molar-refractivity contribution is 0.0968. The molecule has 1 aromatic carbocycles. The summed E-state index contributed by atoms with van der Waals surface area (Å²) < 4.78 is 5.05. The highest BCUT2D eigenvalue weighted by Crippen LogP contribution is 2.01. The van der Waals surface area contributed by atoms with Crippen molar-refractivity contribution in [1.29, 1.82) is 0 Å². The van der Waals surface area contributed by atoms with E-state index in [1.807, 2.05) is 32.2 Å². The van der Waals surface area contributed by atoms with Crippen molar-refractivity contribution in [3.05, 3.63) is 35.9 Å². The maximum atomic E-state index is 11.9. The fourth-order valence-electron chi connectivity index (χ4n) is 1.40. The molecule has 18 heavy (non-hydrogen) atoms. The van der Waals surface area contributed by atoms with Gasteiger partial charge in [0.15, 0.2) is 5.11 Å². The number of nitrogens with zero attached hydrogens (tertiary/aromatic N) is 1. The summed E-state index contributed by atoms with van der Waals surface area (Å²) >= 11 is 5.18. The molecule has 4 nitrogen and oxygen atoms in total. The fraction of sp³-hybridized carbons (Fsp3) is 0.385. The Morgan fingerprint density at radius 1 is 1.44 bits per heavy atom. The molecule has 1 aromatic rings. The van der Waals surface area contributed by atoms with E-state index in [2.05, 4.69) is 5.32 Å². The van der Waals surface area contributed by atoms with Crippen LogP contribution in [0.25, 0.3) is 0 Å². The molecule has 0 saturated carbocycles. The maximum absolute atomic E-state index is 11.9. The number of nitrogens with one attached hydrogen (secondary N) is 1. The minimum absolute atomic E-state index is 0.110. The molecular formula is C13H18N2O2S. The summed E-state index contributed by atoms with van der Waals surface area (Å²) in [6.45, 7) is 2.53. The zero-order valence-electron chi connectivity index (χ0n) is 10.8. The van der Waals surface area contributed by atoms with Gasteiger partial charge in [0, 0.05) is 19.7 Å². The van der Waals surface area contributed by atoms with Gasteiger partial charge in [0.1, 0.15) is 0 Å². The van der Waals surface area contributed by atoms with Gasteiger partial charge in [0.25, 0.3) is 5.91 Å². The molecule has 0 unspecified atom stereocenters. The number of thiocarbonyl (C=S) groups is 1. The summed E-state index contributed by atoms with van der Waals surface area (Å²) in [6, 6.07) is 9.10. The van der Waals surface area contributed by atoms with Crippen molar-refractivity contribution >= 4 is 23.2 Å². The second kappa shape index (κ2) is 7.08. The second-order valence-electron chi connectivity index (χ2n) is 4.04. The molecule has 1 amide bonds. The summed E-state index contributed by atoms with van der Waals surface area (Å²) in [5.41, 5.74) is 0.590. The molecule has 1 atom stereocenters. The van der Waals surface area contributed by atoms with E-state index in [4.69, 9.17) is 17.0 Å². The average molecular weight is 266 g/mol. The van der Waals surface area contributed by atoms with Crippen LogP contribution in [0, 0.1) is 0 Å². The minimum Gasteiger partial charge on any atom is -0.383 e. The van der Waals surface area contributed by atoms with Crippen LogP contribution < -0.4 is 5.32 Å². The van der Waals surface area contributed by atoms with E-state index in [0.717, 1.165) is 0 Å². The van der Waals surface area contributed by atoms with E-state index in [1.54, 1.807) is 24.1 Å². The van der Waals surface area contributed by atoms with Gasteiger partial charge in [-0.2, -0.15) is 0 Å². The number of hydrogen-bond acceptors (Lipinski definition) is 3. The number of carbonyl (C=O) groups excluding carboxylic acids is 1. The summed E-state index contributed by atoms with van der Waals surface area (Å²) in [4.78, 5) is 13.7. The van der Waals surface area contributed by atoms with E-state index in [9.17, 15) is 4.79 Å². The molecule has 0 heterocycles. The van der Waals surface area contributed by atoms with Gasteiger partial charge in [-0.3, -0.25) is 10.1 Å². The molecule has 1 rings (SSSR count). The molecule has 0 fully saturated rings. The number of carbonyl (C=O) groups is 1. The lowest BCUT2D eigenvalue weighted by atomic mass is 10.2. The highest BCUT2D eigenvalue weighted by atomic mass is 32.1. The van der Waals surface area contributed by atoms with Gasteiger partial charge in [-0.05, 0) is 31.3 Å². The molecule has 0 aliphatic carbocycles. The highest BCUT2D eigenvalue weighted by molar-refractivity contribution is 7.80. The number of methoxy groups -OCH3 is 1.